The van der Waals surface area contributed by atoms with Crippen molar-refractivity contribution in [2.24, 2.45) is 5.73 Å². The lowest BCUT2D eigenvalue weighted by Gasteiger charge is -2.10. The van der Waals surface area contributed by atoms with Crippen molar-refractivity contribution < 1.29 is 13.2 Å². The van der Waals surface area contributed by atoms with Crippen molar-refractivity contribution >= 4 is 45.4 Å². The Balaban J connectivity index is 0.00000312. The molecule has 1 aromatic carbocycles. The molecule has 1 heterocycles. The van der Waals surface area contributed by atoms with Crippen molar-refractivity contribution in [1.82, 2.24) is 9.71 Å². The van der Waals surface area contributed by atoms with Crippen LogP contribution in [0.5, 0.6) is 0 Å². The lowest BCUT2D eigenvalue weighted by Crippen LogP contribution is -2.30. The average molecular weight is 405 g/mol. The topological polar surface area (TPSA) is 114 Å². The van der Waals surface area contributed by atoms with E-state index in [-0.39, 0.29) is 29.3 Å². The second kappa shape index (κ2) is 9.25. The Morgan fingerprint density at radius 2 is 1.92 bits per heavy atom. The van der Waals surface area contributed by atoms with E-state index in [4.69, 9.17) is 5.73 Å². The van der Waals surface area contributed by atoms with Crippen LogP contribution in [0.25, 0.3) is 0 Å². The first-order chi connectivity index (χ1) is 11.3. The van der Waals surface area contributed by atoms with Crippen LogP contribution in [-0.4, -0.2) is 31.9 Å². The summed E-state index contributed by atoms with van der Waals surface area (Å²) in [5.74, 6) is -0.342. The molecule has 4 N–H and O–H groups in total. The highest BCUT2D eigenvalue weighted by atomic mass is 35.5. The van der Waals surface area contributed by atoms with Gasteiger partial charge in [0, 0.05) is 23.5 Å². The summed E-state index contributed by atoms with van der Waals surface area (Å²) in [7, 11) is -3.55. The summed E-state index contributed by atoms with van der Waals surface area (Å²) in [6, 6.07) is 5.78. The number of thiazole rings is 1. The molecule has 10 heteroatoms. The lowest BCUT2D eigenvalue weighted by atomic mass is 10.3. The molecule has 1 amide bonds. The minimum Gasteiger partial charge on any atom is -0.330 e. The van der Waals surface area contributed by atoms with Crippen molar-refractivity contribution in [3.63, 3.8) is 0 Å². The van der Waals surface area contributed by atoms with Crippen LogP contribution in [0.4, 0.5) is 5.69 Å². The maximum absolute atomic E-state index is 12.1. The average Bonchev–Trinajstić information content (AvgIpc) is 2.96. The van der Waals surface area contributed by atoms with Gasteiger partial charge in [-0.1, -0.05) is 0 Å². The van der Waals surface area contributed by atoms with E-state index in [1.807, 2.05) is 0 Å². The highest BCUT2D eigenvalue weighted by Gasteiger charge is 2.16. The van der Waals surface area contributed by atoms with Gasteiger partial charge in [0.2, 0.25) is 10.0 Å². The fraction of sp³-hybridized carbons (Fsp3) is 0.333. The summed E-state index contributed by atoms with van der Waals surface area (Å²) >= 11 is 1.38. The van der Waals surface area contributed by atoms with Gasteiger partial charge in [0.25, 0.3) is 5.91 Å². The summed E-state index contributed by atoms with van der Waals surface area (Å²) in [6.07, 6.45) is 0.632. The Morgan fingerprint density at radius 3 is 2.48 bits per heavy atom. The summed E-state index contributed by atoms with van der Waals surface area (Å²) in [4.78, 5) is 16.5. The van der Waals surface area contributed by atoms with Gasteiger partial charge in [-0.25, -0.2) is 18.1 Å². The number of aromatic nitrogens is 1. The van der Waals surface area contributed by atoms with E-state index in [2.05, 4.69) is 15.0 Å². The van der Waals surface area contributed by atoms with E-state index in [0.717, 1.165) is 5.01 Å². The van der Waals surface area contributed by atoms with Gasteiger partial charge in [-0.15, -0.1) is 23.7 Å². The van der Waals surface area contributed by atoms with Crippen molar-refractivity contribution in [2.45, 2.75) is 31.2 Å². The minimum absolute atomic E-state index is 0. The molecule has 2 rings (SSSR count). The first-order valence-electron chi connectivity index (χ1n) is 7.40. The number of hydrogen-bond donors (Lipinski definition) is 3. The number of hydrogen-bond acceptors (Lipinski definition) is 6. The quantitative estimate of drug-likeness (QED) is 0.653. The molecule has 25 heavy (non-hydrogen) atoms. The van der Waals surface area contributed by atoms with E-state index in [1.165, 1.54) is 23.5 Å². The fourth-order valence-electron chi connectivity index (χ4n) is 1.94. The molecule has 0 aliphatic heterocycles. The van der Waals surface area contributed by atoms with Crippen molar-refractivity contribution in [1.29, 1.82) is 0 Å². The Labute approximate surface area is 157 Å². The molecule has 2 aromatic rings. The first-order valence-corrected chi connectivity index (χ1v) is 9.76. The smallest absolute Gasteiger partial charge is 0.275 e. The number of nitrogens with zero attached hydrogens (tertiary/aromatic N) is 1. The number of benzene rings is 1. The van der Waals surface area contributed by atoms with E-state index >= 15 is 0 Å². The van der Waals surface area contributed by atoms with Gasteiger partial charge in [-0.3, -0.25) is 4.79 Å². The van der Waals surface area contributed by atoms with Crippen molar-refractivity contribution in [3.8, 4) is 0 Å². The molecule has 0 unspecified atom stereocenters. The van der Waals surface area contributed by atoms with E-state index in [0.29, 0.717) is 24.3 Å². The zero-order valence-electron chi connectivity index (χ0n) is 13.9. The lowest BCUT2D eigenvalue weighted by molar-refractivity contribution is 0.102. The molecule has 0 aliphatic carbocycles. The molecule has 0 saturated heterocycles. The molecule has 0 radical (unpaired) electrons. The summed E-state index contributed by atoms with van der Waals surface area (Å²) in [5.41, 5.74) is 6.28. The van der Waals surface area contributed by atoms with Gasteiger partial charge < -0.3 is 11.1 Å². The number of anilines is 1. The summed E-state index contributed by atoms with van der Waals surface area (Å²) < 4.78 is 26.6. The van der Waals surface area contributed by atoms with E-state index in [1.54, 1.807) is 31.4 Å². The zero-order chi connectivity index (χ0) is 17.7. The number of nitrogens with one attached hydrogen (secondary N) is 2. The Kier molecular flexibility index (Phi) is 7.97. The maximum Gasteiger partial charge on any atom is 0.275 e. The third-order valence-electron chi connectivity index (χ3n) is 2.96. The zero-order valence-corrected chi connectivity index (χ0v) is 16.3. The van der Waals surface area contributed by atoms with Crippen molar-refractivity contribution in [3.05, 3.63) is 40.3 Å². The number of halogens is 1. The molecule has 0 aliphatic rings. The molecular formula is C15H21ClN4O3S2. The number of carbonyl (C=O) groups is 1. The summed E-state index contributed by atoms with van der Waals surface area (Å²) in [5, 5.41) is 5.17. The molecule has 0 bridgehead atoms. The maximum atomic E-state index is 12.1. The number of rotatable bonds is 7. The predicted molar refractivity (Wildman–Crippen MR) is 102 cm³/mol. The molecule has 0 atom stereocenters. The predicted octanol–water partition coefficient (Wildman–Crippen LogP) is 2.01. The molecule has 0 saturated carbocycles. The third-order valence-corrected chi connectivity index (χ3v) is 5.54. The molecule has 0 spiro atoms. The largest absolute Gasteiger partial charge is 0.330 e. The third kappa shape index (κ3) is 6.05. The number of nitrogens with two attached hydrogens (primary N) is 1. The second-order valence-corrected chi connectivity index (χ2v) is 8.08. The van der Waals surface area contributed by atoms with Crippen LogP contribution in [0.2, 0.25) is 0 Å². The van der Waals surface area contributed by atoms with Crippen LogP contribution >= 0.6 is 23.7 Å². The minimum atomic E-state index is -3.55. The van der Waals surface area contributed by atoms with Crippen LogP contribution in [0.1, 0.15) is 29.3 Å². The van der Waals surface area contributed by atoms with Crippen LogP contribution in [0.3, 0.4) is 0 Å². The van der Waals surface area contributed by atoms with Crippen LogP contribution in [0, 0.1) is 0 Å². The normalized spacial score (nSPS) is 11.2. The Hall–Kier alpha value is -1.52. The van der Waals surface area contributed by atoms with Crippen LogP contribution in [0.15, 0.2) is 34.5 Å². The highest BCUT2D eigenvalue weighted by molar-refractivity contribution is 7.89. The SMILES string of the molecule is CC(C)NS(=O)(=O)c1ccc(NC(=O)c2csc(CCN)n2)cc1.Cl. The molecule has 7 nitrogen and oxygen atoms in total. The first kappa shape index (κ1) is 21.5. The van der Waals surface area contributed by atoms with Gasteiger partial charge in [-0.05, 0) is 44.7 Å². The number of sulfonamides is 1. The monoisotopic (exact) mass is 404 g/mol. The second-order valence-electron chi connectivity index (χ2n) is 5.42. The van der Waals surface area contributed by atoms with Gasteiger partial charge in [-0.2, -0.15) is 0 Å². The number of carbonyl (C=O) groups excluding carboxylic acids is 1. The van der Waals surface area contributed by atoms with Gasteiger partial charge >= 0.3 is 0 Å². The standard InChI is InChI=1S/C15H20N4O3S2.ClH/c1-10(2)19-24(21,22)12-5-3-11(4-6-12)17-15(20)13-9-23-14(18-13)7-8-16;/h3-6,9-10,19H,7-8,16H2,1-2H3,(H,17,20);1H. The highest BCUT2D eigenvalue weighted by Crippen LogP contribution is 2.16. The van der Waals surface area contributed by atoms with Gasteiger partial charge in [0.1, 0.15) is 5.69 Å². The Morgan fingerprint density at radius 1 is 1.28 bits per heavy atom. The molecule has 1 aromatic heterocycles. The van der Waals surface area contributed by atoms with Crippen LogP contribution < -0.4 is 15.8 Å². The fourth-order valence-corrected chi connectivity index (χ4v) is 3.99. The van der Waals surface area contributed by atoms with Gasteiger partial charge in [0.05, 0.1) is 9.90 Å². The van der Waals surface area contributed by atoms with E-state index in [9.17, 15) is 13.2 Å². The van der Waals surface area contributed by atoms with Gasteiger partial charge in [0.15, 0.2) is 0 Å². The molecule has 138 valence electrons. The van der Waals surface area contributed by atoms with Crippen LogP contribution in [-0.2, 0) is 16.4 Å². The molecule has 0 fully saturated rings. The Bertz CT molecular complexity index is 804. The number of amides is 1. The van der Waals surface area contributed by atoms with Crippen molar-refractivity contribution in [2.75, 3.05) is 11.9 Å². The summed E-state index contributed by atoms with van der Waals surface area (Å²) in [6.45, 7) is 3.98. The molecular weight excluding hydrogens is 384 g/mol. The van der Waals surface area contributed by atoms with E-state index < -0.39 is 10.0 Å².